The van der Waals surface area contributed by atoms with E-state index in [0.29, 0.717) is 5.56 Å². The third kappa shape index (κ3) is 3.59. The minimum absolute atomic E-state index is 0.210. The fourth-order valence-corrected chi connectivity index (χ4v) is 3.02. The zero-order valence-electron chi connectivity index (χ0n) is 13.0. The molecule has 4 nitrogen and oxygen atoms in total. The SMILES string of the molecule is O=[N+]([O-])c1c(C=Cc2ccccc2)cccc1N1CCCCC1. The summed E-state index contributed by atoms with van der Waals surface area (Å²) in [4.78, 5) is 13.5. The van der Waals surface area contributed by atoms with Crippen LogP contribution in [0, 0.1) is 10.1 Å². The Morgan fingerprint density at radius 3 is 2.35 bits per heavy atom. The molecule has 1 saturated heterocycles. The highest BCUT2D eigenvalue weighted by molar-refractivity contribution is 5.80. The molecule has 0 amide bonds. The first-order chi connectivity index (χ1) is 11.3. The number of hydrogen-bond acceptors (Lipinski definition) is 3. The molecule has 0 N–H and O–H groups in total. The zero-order chi connectivity index (χ0) is 16.1. The summed E-state index contributed by atoms with van der Waals surface area (Å²) in [6, 6.07) is 15.4. The Kier molecular flexibility index (Phi) is 4.71. The smallest absolute Gasteiger partial charge is 0.299 e. The van der Waals surface area contributed by atoms with E-state index in [1.54, 1.807) is 0 Å². The maximum absolute atomic E-state index is 11.6. The number of piperidine rings is 1. The van der Waals surface area contributed by atoms with Crippen LogP contribution in [0.1, 0.15) is 30.4 Å². The molecule has 4 heteroatoms. The second-order valence-electron chi connectivity index (χ2n) is 5.76. The van der Waals surface area contributed by atoms with E-state index >= 15 is 0 Å². The van der Waals surface area contributed by atoms with Crippen molar-refractivity contribution in [2.24, 2.45) is 0 Å². The molecule has 1 aliphatic heterocycles. The van der Waals surface area contributed by atoms with Gasteiger partial charge in [-0.15, -0.1) is 0 Å². The molecule has 3 rings (SSSR count). The number of rotatable bonds is 4. The van der Waals surface area contributed by atoms with Crippen LogP contribution in [0.15, 0.2) is 48.5 Å². The summed E-state index contributed by atoms with van der Waals surface area (Å²) in [5.41, 5.74) is 2.64. The molecule has 0 saturated carbocycles. The molecule has 0 spiro atoms. The van der Waals surface area contributed by atoms with Crippen LogP contribution in [0.3, 0.4) is 0 Å². The number of para-hydroxylation sites is 1. The summed E-state index contributed by atoms with van der Waals surface area (Å²) in [7, 11) is 0. The fraction of sp³-hybridized carbons (Fsp3) is 0.263. The standard InChI is InChI=1S/C19H20N2O2/c22-21(23)19-17(13-12-16-8-3-1-4-9-16)10-7-11-18(19)20-14-5-2-6-15-20/h1,3-4,7-13H,2,5-6,14-15H2. The van der Waals surface area contributed by atoms with Gasteiger partial charge in [-0.1, -0.05) is 42.5 Å². The lowest BCUT2D eigenvalue weighted by atomic mass is 10.1. The van der Waals surface area contributed by atoms with Gasteiger partial charge in [0.25, 0.3) is 5.69 Å². The van der Waals surface area contributed by atoms with Crippen LogP contribution in [0.2, 0.25) is 0 Å². The lowest BCUT2D eigenvalue weighted by molar-refractivity contribution is -0.384. The molecule has 2 aromatic rings. The van der Waals surface area contributed by atoms with Crippen LogP contribution in [0.4, 0.5) is 11.4 Å². The lowest BCUT2D eigenvalue weighted by Crippen LogP contribution is -2.30. The molecule has 0 radical (unpaired) electrons. The van der Waals surface area contributed by atoms with E-state index in [9.17, 15) is 10.1 Å². The van der Waals surface area contributed by atoms with Crippen LogP contribution >= 0.6 is 0 Å². The predicted octanol–water partition coefficient (Wildman–Crippen LogP) is 4.76. The molecule has 23 heavy (non-hydrogen) atoms. The molecule has 118 valence electrons. The van der Waals surface area contributed by atoms with E-state index in [0.717, 1.165) is 37.2 Å². The van der Waals surface area contributed by atoms with Crippen LogP contribution in [0.5, 0.6) is 0 Å². The largest absolute Gasteiger partial charge is 0.366 e. The van der Waals surface area contributed by atoms with Crippen LogP contribution in [0.25, 0.3) is 12.2 Å². The quantitative estimate of drug-likeness (QED) is 0.465. The van der Waals surface area contributed by atoms with Crippen molar-refractivity contribution in [3.63, 3.8) is 0 Å². The van der Waals surface area contributed by atoms with Gasteiger partial charge in [-0.3, -0.25) is 10.1 Å². The normalized spacial score (nSPS) is 15.0. The highest BCUT2D eigenvalue weighted by Gasteiger charge is 2.23. The molecule has 0 aliphatic carbocycles. The van der Waals surface area contributed by atoms with Gasteiger partial charge in [-0.25, -0.2) is 0 Å². The topological polar surface area (TPSA) is 46.4 Å². The van der Waals surface area contributed by atoms with Crippen molar-refractivity contribution in [2.45, 2.75) is 19.3 Å². The number of anilines is 1. The minimum atomic E-state index is -0.255. The molecule has 1 heterocycles. The molecule has 0 aromatic heterocycles. The molecule has 1 fully saturated rings. The Morgan fingerprint density at radius 1 is 0.913 bits per heavy atom. The number of benzene rings is 2. The first-order valence-corrected chi connectivity index (χ1v) is 8.01. The van der Waals surface area contributed by atoms with Crippen molar-refractivity contribution in [2.75, 3.05) is 18.0 Å². The third-order valence-corrected chi connectivity index (χ3v) is 4.18. The van der Waals surface area contributed by atoms with E-state index in [4.69, 9.17) is 0 Å². The summed E-state index contributed by atoms with van der Waals surface area (Å²) in [6.45, 7) is 1.79. The maximum Gasteiger partial charge on any atom is 0.299 e. The number of nitro benzene ring substituents is 1. The second-order valence-corrected chi connectivity index (χ2v) is 5.76. The van der Waals surface area contributed by atoms with Gasteiger partial charge < -0.3 is 4.90 Å². The van der Waals surface area contributed by atoms with Crippen molar-refractivity contribution in [3.05, 3.63) is 69.8 Å². The number of nitro groups is 1. The lowest BCUT2D eigenvalue weighted by Gasteiger charge is -2.28. The second kappa shape index (κ2) is 7.09. The van der Waals surface area contributed by atoms with E-state index in [2.05, 4.69) is 4.90 Å². The monoisotopic (exact) mass is 308 g/mol. The van der Waals surface area contributed by atoms with E-state index in [-0.39, 0.29) is 10.6 Å². The predicted molar refractivity (Wildman–Crippen MR) is 94.5 cm³/mol. The Hall–Kier alpha value is -2.62. The van der Waals surface area contributed by atoms with Gasteiger partial charge in [0, 0.05) is 13.1 Å². The molecule has 1 aliphatic rings. The Bertz CT molecular complexity index is 705. The summed E-state index contributed by atoms with van der Waals surface area (Å²) in [5.74, 6) is 0. The zero-order valence-corrected chi connectivity index (χ0v) is 13.0. The van der Waals surface area contributed by atoms with Crippen molar-refractivity contribution in [3.8, 4) is 0 Å². The van der Waals surface area contributed by atoms with E-state index < -0.39 is 0 Å². The van der Waals surface area contributed by atoms with Crippen molar-refractivity contribution in [1.82, 2.24) is 0 Å². The minimum Gasteiger partial charge on any atom is -0.366 e. The highest BCUT2D eigenvalue weighted by atomic mass is 16.6. The van der Waals surface area contributed by atoms with Gasteiger partial charge in [-0.05, 0) is 43.0 Å². The van der Waals surface area contributed by atoms with Crippen molar-refractivity contribution < 1.29 is 4.92 Å². The summed E-state index contributed by atoms with van der Waals surface area (Å²) in [5, 5.41) is 11.6. The average molecular weight is 308 g/mol. The van der Waals surface area contributed by atoms with Gasteiger partial charge in [0.2, 0.25) is 0 Å². The molecule has 2 aromatic carbocycles. The fourth-order valence-electron chi connectivity index (χ4n) is 3.02. The number of hydrogen-bond donors (Lipinski definition) is 0. The average Bonchev–Trinajstić information content (AvgIpc) is 2.61. The summed E-state index contributed by atoms with van der Waals surface area (Å²) < 4.78 is 0. The Balaban J connectivity index is 1.96. The first-order valence-electron chi connectivity index (χ1n) is 8.01. The summed E-state index contributed by atoms with van der Waals surface area (Å²) in [6.07, 6.45) is 7.16. The van der Waals surface area contributed by atoms with Gasteiger partial charge in [0.1, 0.15) is 5.69 Å². The molecule has 0 unspecified atom stereocenters. The number of nitrogens with zero attached hydrogens (tertiary/aromatic N) is 2. The van der Waals surface area contributed by atoms with Gasteiger partial charge in [0.05, 0.1) is 10.5 Å². The third-order valence-electron chi connectivity index (χ3n) is 4.18. The van der Waals surface area contributed by atoms with Crippen LogP contribution < -0.4 is 4.90 Å². The van der Waals surface area contributed by atoms with Crippen molar-refractivity contribution in [1.29, 1.82) is 0 Å². The van der Waals surface area contributed by atoms with Crippen LogP contribution in [-0.4, -0.2) is 18.0 Å². The molecular weight excluding hydrogens is 288 g/mol. The van der Waals surface area contributed by atoms with Crippen LogP contribution in [-0.2, 0) is 0 Å². The van der Waals surface area contributed by atoms with Gasteiger partial charge in [0.15, 0.2) is 0 Å². The van der Waals surface area contributed by atoms with Crippen molar-refractivity contribution >= 4 is 23.5 Å². The first kappa shape index (κ1) is 15.3. The Morgan fingerprint density at radius 2 is 1.65 bits per heavy atom. The van der Waals surface area contributed by atoms with E-state index in [1.807, 2.05) is 60.7 Å². The molecule has 0 bridgehead atoms. The molecule has 0 atom stereocenters. The summed E-state index contributed by atoms with van der Waals surface area (Å²) >= 11 is 0. The van der Waals surface area contributed by atoms with Gasteiger partial charge in [-0.2, -0.15) is 0 Å². The molecular formula is C19H20N2O2. The van der Waals surface area contributed by atoms with Gasteiger partial charge >= 0.3 is 0 Å². The highest BCUT2D eigenvalue weighted by Crippen LogP contribution is 2.34. The maximum atomic E-state index is 11.6. The Labute approximate surface area is 136 Å². The van der Waals surface area contributed by atoms with E-state index in [1.165, 1.54) is 6.42 Å².